The summed E-state index contributed by atoms with van der Waals surface area (Å²) in [6.07, 6.45) is 2.82. The summed E-state index contributed by atoms with van der Waals surface area (Å²) in [5, 5.41) is 10.7. The van der Waals surface area contributed by atoms with Crippen LogP contribution in [0.3, 0.4) is 0 Å². The number of rotatable bonds is 5. The monoisotopic (exact) mass is 495 g/mol. The Morgan fingerprint density at radius 1 is 1.08 bits per heavy atom. The van der Waals surface area contributed by atoms with Crippen LogP contribution in [0.25, 0.3) is 22.2 Å². The highest BCUT2D eigenvalue weighted by Gasteiger charge is 2.36. The fourth-order valence-electron chi connectivity index (χ4n) is 5.37. The van der Waals surface area contributed by atoms with E-state index in [1.165, 1.54) is 12.1 Å². The highest BCUT2D eigenvalue weighted by atomic mass is 19.3. The Labute approximate surface area is 205 Å². The molecule has 0 radical (unpaired) electrons. The van der Waals surface area contributed by atoms with Gasteiger partial charge in [-0.3, -0.25) is 4.98 Å². The second-order valence-corrected chi connectivity index (χ2v) is 9.20. The number of aromatic nitrogens is 3. The number of aliphatic hydroxyl groups excluding tert-OH is 1. The van der Waals surface area contributed by atoms with E-state index >= 15 is 4.39 Å². The molecule has 1 unspecified atom stereocenters. The smallest absolute Gasteiger partial charge is 0.387 e. The van der Waals surface area contributed by atoms with E-state index in [2.05, 4.69) is 9.97 Å². The van der Waals surface area contributed by atoms with Gasteiger partial charge in [-0.2, -0.15) is 8.78 Å². The lowest BCUT2D eigenvalue weighted by molar-refractivity contribution is -0.0507. The highest BCUT2D eigenvalue weighted by molar-refractivity contribution is 5.83. The third-order valence-corrected chi connectivity index (χ3v) is 7.09. The van der Waals surface area contributed by atoms with E-state index in [4.69, 9.17) is 9.47 Å². The minimum absolute atomic E-state index is 0.0367. The van der Waals surface area contributed by atoms with Crippen molar-refractivity contribution in [3.05, 3.63) is 77.6 Å². The molecule has 36 heavy (non-hydrogen) atoms. The average molecular weight is 496 g/mol. The van der Waals surface area contributed by atoms with E-state index in [1.54, 1.807) is 35.0 Å². The van der Waals surface area contributed by atoms with Gasteiger partial charge in [0.05, 0.1) is 17.1 Å². The number of para-hydroxylation sites is 1. The van der Waals surface area contributed by atoms with Crippen molar-refractivity contribution in [3.63, 3.8) is 0 Å². The molecule has 4 aromatic rings. The quantitative estimate of drug-likeness (QED) is 0.381. The summed E-state index contributed by atoms with van der Waals surface area (Å²) < 4.78 is 53.2. The predicted molar refractivity (Wildman–Crippen MR) is 127 cm³/mol. The zero-order valence-electron chi connectivity index (χ0n) is 19.3. The van der Waals surface area contributed by atoms with Gasteiger partial charge in [-0.15, -0.1) is 0 Å². The van der Waals surface area contributed by atoms with Gasteiger partial charge in [0.25, 0.3) is 0 Å². The SMILES string of the molecule is OC1C[C@@H](c2ccccc2OC(F)F)n2c1nc1cc(F)c(-c3ccc(C4CCOCC4)nc3)cc12. The Morgan fingerprint density at radius 2 is 1.89 bits per heavy atom. The van der Waals surface area contributed by atoms with Gasteiger partial charge >= 0.3 is 6.61 Å². The molecule has 0 saturated carbocycles. The molecule has 0 amide bonds. The second-order valence-electron chi connectivity index (χ2n) is 9.20. The Balaban J connectivity index is 1.41. The first-order chi connectivity index (χ1) is 17.5. The number of nitrogens with zero attached hydrogens (tertiary/aromatic N) is 3. The highest BCUT2D eigenvalue weighted by Crippen LogP contribution is 2.44. The number of alkyl halides is 2. The molecule has 6 rings (SSSR count). The summed E-state index contributed by atoms with van der Waals surface area (Å²) in [5.74, 6) is 0.282. The number of imidazole rings is 1. The lowest BCUT2D eigenvalue weighted by atomic mass is 9.95. The van der Waals surface area contributed by atoms with Crippen molar-refractivity contribution in [2.45, 2.75) is 43.9 Å². The molecule has 0 aliphatic carbocycles. The second kappa shape index (κ2) is 9.22. The number of halogens is 3. The minimum atomic E-state index is -2.98. The van der Waals surface area contributed by atoms with E-state index in [0.29, 0.717) is 52.7 Å². The third-order valence-electron chi connectivity index (χ3n) is 7.09. The van der Waals surface area contributed by atoms with Crippen molar-refractivity contribution in [1.29, 1.82) is 0 Å². The molecule has 2 aliphatic heterocycles. The summed E-state index contributed by atoms with van der Waals surface area (Å²) in [7, 11) is 0. The van der Waals surface area contributed by atoms with Crippen molar-refractivity contribution in [1.82, 2.24) is 14.5 Å². The molecule has 186 valence electrons. The summed E-state index contributed by atoms with van der Waals surface area (Å²) >= 11 is 0. The van der Waals surface area contributed by atoms with Crippen LogP contribution in [0, 0.1) is 5.82 Å². The number of aliphatic hydroxyl groups is 1. The van der Waals surface area contributed by atoms with E-state index in [0.717, 1.165) is 18.5 Å². The molecule has 2 atom stereocenters. The van der Waals surface area contributed by atoms with Crippen molar-refractivity contribution >= 4 is 11.0 Å². The lowest BCUT2D eigenvalue weighted by Gasteiger charge is -2.21. The summed E-state index contributed by atoms with van der Waals surface area (Å²) in [6, 6.07) is 12.8. The predicted octanol–water partition coefficient (Wildman–Crippen LogP) is 5.76. The number of benzene rings is 2. The molecule has 2 aromatic heterocycles. The normalized spacial score (nSPS) is 20.2. The van der Waals surface area contributed by atoms with Crippen LogP contribution in [0.15, 0.2) is 54.7 Å². The van der Waals surface area contributed by atoms with Gasteiger partial charge in [-0.1, -0.05) is 24.3 Å². The lowest BCUT2D eigenvalue weighted by Crippen LogP contribution is -2.14. The van der Waals surface area contributed by atoms with Crippen molar-refractivity contribution < 1.29 is 27.8 Å². The van der Waals surface area contributed by atoms with Gasteiger partial charge in [0.1, 0.15) is 23.5 Å². The van der Waals surface area contributed by atoms with Crippen molar-refractivity contribution in [3.8, 4) is 16.9 Å². The van der Waals surface area contributed by atoms with Gasteiger partial charge in [-0.25, -0.2) is 9.37 Å². The minimum Gasteiger partial charge on any atom is -0.434 e. The molecule has 1 saturated heterocycles. The molecule has 6 nitrogen and oxygen atoms in total. The maximum absolute atomic E-state index is 15.2. The molecule has 0 bridgehead atoms. The molecular weight excluding hydrogens is 471 g/mol. The number of pyridine rings is 1. The zero-order valence-corrected chi connectivity index (χ0v) is 19.3. The van der Waals surface area contributed by atoms with Crippen LogP contribution in [-0.4, -0.2) is 39.5 Å². The molecular formula is C27H24F3N3O3. The molecule has 2 aromatic carbocycles. The first-order valence-electron chi connectivity index (χ1n) is 12.0. The van der Waals surface area contributed by atoms with Gasteiger partial charge < -0.3 is 19.1 Å². The van der Waals surface area contributed by atoms with Crippen LogP contribution in [0.2, 0.25) is 0 Å². The number of hydrogen-bond acceptors (Lipinski definition) is 5. The van der Waals surface area contributed by atoms with E-state index in [-0.39, 0.29) is 12.2 Å². The first-order valence-corrected chi connectivity index (χ1v) is 12.0. The fraction of sp³-hybridized carbons (Fsp3) is 0.333. The van der Waals surface area contributed by atoms with E-state index in [1.807, 2.05) is 12.1 Å². The van der Waals surface area contributed by atoms with Gasteiger partial charge in [0, 0.05) is 60.2 Å². The van der Waals surface area contributed by atoms with Gasteiger partial charge in [0.15, 0.2) is 0 Å². The van der Waals surface area contributed by atoms with E-state index in [9.17, 15) is 13.9 Å². The van der Waals surface area contributed by atoms with Crippen LogP contribution < -0.4 is 4.74 Å². The van der Waals surface area contributed by atoms with Crippen molar-refractivity contribution in [2.75, 3.05) is 13.2 Å². The number of hydrogen-bond donors (Lipinski definition) is 1. The largest absolute Gasteiger partial charge is 0.434 e. The summed E-state index contributed by atoms with van der Waals surface area (Å²) in [4.78, 5) is 9.07. The zero-order chi connectivity index (χ0) is 24.8. The Hall–Kier alpha value is -3.43. The molecule has 0 spiro atoms. The maximum atomic E-state index is 15.2. The topological polar surface area (TPSA) is 69.4 Å². The Kier molecular flexibility index (Phi) is 5.89. The first kappa shape index (κ1) is 23.0. The number of ether oxygens (including phenoxy) is 2. The van der Waals surface area contributed by atoms with Crippen molar-refractivity contribution in [2.24, 2.45) is 0 Å². The summed E-state index contributed by atoms with van der Waals surface area (Å²) in [6.45, 7) is -1.55. The molecule has 1 fully saturated rings. The third kappa shape index (κ3) is 4.02. The average Bonchev–Trinajstić information content (AvgIpc) is 3.41. The van der Waals surface area contributed by atoms with Crippen LogP contribution in [-0.2, 0) is 4.74 Å². The molecule has 1 N–H and O–H groups in total. The summed E-state index contributed by atoms with van der Waals surface area (Å²) in [5.41, 5.74) is 3.43. The van der Waals surface area contributed by atoms with Crippen LogP contribution in [0.5, 0.6) is 5.75 Å². The molecule has 2 aliphatic rings. The van der Waals surface area contributed by atoms with Crippen LogP contribution in [0.4, 0.5) is 13.2 Å². The number of fused-ring (bicyclic) bond motifs is 3. The molecule has 9 heteroatoms. The van der Waals surface area contributed by atoms with Gasteiger partial charge in [-0.05, 0) is 31.0 Å². The van der Waals surface area contributed by atoms with E-state index < -0.39 is 24.6 Å². The molecule has 4 heterocycles. The van der Waals surface area contributed by atoms with Gasteiger partial charge in [0.2, 0.25) is 0 Å². The Bertz CT molecular complexity index is 1400. The standard InChI is InChI=1S/C27H24F3N3O3/c28-19-12-21-23(11-18(19)16-5-6-20(31-14-16)15-7-9-35-10-8-15)33-22(13-24(34)26(33)32-21)17-3-1-2-4-25(17)36-27(29)30/h1-6,11-12,14-15,22,24,27,34H,7-10,13H2/t22-,24?/m0/s1. The van der Waals surface area contributed by atoms with Crippen LogP contribution in [0.1, 0.15) is 54.4 Å². The Morgan fingerprint density at radius 3 is 2.64 bits per heavy atom. The van der Waals surface area contributed by atoms with Crippen LogP contribution >= 0.6 is 0 Å². The maximum Gasteiger partial charge on any atom is 0.387 e. The fourth-order valence-corrected chi connectivity index (χ4v) is 5.37.